The Morgan fingerprint density at radius 2 is 1.83 bits per heavy atom. The molecule has 1 aromatic rings. The van der Waals surface area contributed by atoms with Crippen LogP contribution in [-0.2, 0) is 20.8 Å². The van der Waals surface area contributed by atoms with Crippen molar-refractivity contribution >= 4 is 29.3 Å². The van der Waals surface area contributed by atoms with E-state index < -0.39 is 0 Å². The zero-order valence-electron chi connectivity index (χ0n) is 13.5. The number of nitrogens with zero attached hydrogens (tertiary/aromatic N) is 1. The summed E-state index contributed by atoms with van der Waals surface area (Å²) in [6, 6.07) is 7.46. The van der Waals surface area contributed by atoms with Crippen molar-refractivity contribution in [1.29, 1.82) is 0 Å². The monoisotopic (exact) mass is 348 g/mol. The Morgan fingerprint density at radius 1 is 1.17 bits per heavy atom. The van der Waals surface area contributed by atoms with E-state index in [1.807, 2.05) is 18.2 Å². The molecule has 5 nitrogen and oxygen atoms in total. The molecule has 0 unspecified atom stereocenters. The Hall–Kier alpha value is -1.88. The van der Waals surface area contributed by atoms with Crippen LogP contribution in [0.1, 0.15) is 31.2 Å². The SMILES string of the molecule is O=C(CN1C(=O)[C@H]2CCCC[C@@H]2C1=O)NCCc1cccc(Cl)c1. The summed E-state index contributed by atoms with van der Waals surface area (Å²) >= 11 is 5.92. The minimum atomic E-state index is -0.294. The maximum atomic E-state index is 12.3. The lowest BCUT2D eigenvalue weighted by Crippen LogP contribution is -2.41. The number of halogens is 1. The lowest BCUT2D eigenvalue weighted by Gasteiger charge is -2.19. The van der Waals surface area contributed by atoms with Gasteiger partial charge in [-0.05, 0) is 37.0 Å². The lowest BCUT2D eigenvalue weighted by atomic mass is 9.81. The number of carbonyl (C=O) groups excluding carboxylic acids is 3. The number of amides is 3. The molecule has 1 heterocycles. The first-order valence-electron chi connectivity index (χ1n) is 8.42. The predicted octanol–water partition coefficient (Wildman–Crippen LogP) is 2.17. The third-order valence-electron chi connectivity index (χ3n) is 4.86. The maximum absolute atomic E-state index is 12.3. The molecule has 1 saturated carbocycles. The second-order valence-electron chi connectivity index (χ2n) is 6.49. The summed E-state index contributed by atoms with van der Waals surface area (Å²) in [5.41, 5.74) is 1.03. The van der Waals surface area contributed by atoms with Crippen molar-refractivity contribution in [3.8, 4) is 0 Å². The molecule has 1 aliphatic heterocycles. The summed E-state index contributed by atoms with van der Waals surface area (Å²) in [5, 5.41) is 3.43. The summed E-state index contributed by atoms with van der Waals surface area (Å²) in [6.45, 7) is 0.280. The Kier molecular flexibility index (Phi) is 5.19. The molecule has 2 aliphatic rings. The van der Waals surface area contributed by atoms with E-state index in [0.717, 1.165) is 36.1 Å². The van der Waals surface area contributed by atoms with Gasteiger partial charge in [-0.3, -0.25) is 19.3 Å². The van der Waals surface area contributed by atoms with Gasteiger partial charge in [-0.2, -0.15) is 0 Å². The largest absolute Gasteiger partial charge is 0.354 e. The highest BCUT2D eigenvalue weighted by Gasteiger charge is 2.48. The average molecular weight is 349 g/mol. The molecule has 0 bridgehead atoms. The van der Waals surface area contributed by atoms with Crippen LogP contribution >= 0.6 is 11.6 Å². The van der Waals surface area contributed by atoms with Crippen molar-refractivity contribution in [2.45, 2.75) is 32.1 Å². The van der Waals surface area contributed by atoms with Gasteiger partial charge in [0.15, 0.2) is 0 Å². The van der Waals surface area contributed by atoms with Gasteiger partial charge in [0.1, 0.15) is 6.54 Å². The van der Waals surface area contributed by atoms with Crippen LogP contribution in [0.5, 0.6) is 0 Å². The third-order valence-corrected chi connectivity index (χ3v) is 5.09. The number of rotatable bonds is 5. The summed E-state index contributed by atoms with van der Waals surface area (Å²) in [7, 11) is 0. The van der Waals surface area contributed by atoms with E-state index in [-0.39, 0.29) is 36.1 Å². The second-order valence-corrected chi connectivity index (χ2v) is 6.93. The van der Waals surface area contributed by atoms with E-state index in [1.54, 1.807) is 6.07 Å². The van der Waals surface area contributed by atoms with E-state index in [9.17, 15) is 14.4 Å². The minimum absolute atomic E-state index is 0.166. The molecule has 6 heteroatoms. The zero-order valence-corrected chi connectivity index (χ0v) is 14.2. The Morgan fingerprint density at radius 3 is 2.46 bits per heavy atom. The number of nitrogens with one attached hydrogen (secondary N) is 1. The molecule has 0 radical (unpaired) electrons. The van der Waals surface area contributed by atoms with E-state index in [0.29, 0.717) is 18.0 Å². The van der Waals surface area contributed by atoms with E-state index >= 15 is 0 Å². The number of hydrogen-bond acceptors (Lipinski definition) is 3. The van der Waals surface area contributed by atoms with Crippen LogP contribution in [-0.4, -0.2) is 35.7 Å². The molecular weight excluding hydrogens is 328 g/mol. The maximum Gasteiger partial charge on any atom is 0.240 e. The van der Waals surface area contributed by atoms with Gasteiger partial charge in [-0.25, -0.2) is 0 Å². The first kappa shape index (κ1) is 17.0. The summed E-state index contributed by atoms with van der Waals surface area (Å²) in [5.74, 6) is -1.04. The van der Waals surface area contributed by atoms with Gasteiger partial charge < -0.3 is 5.32 Å². The summed E-state index contributed by atoms with van der Waals surface area (Å²) in [4.78, 5) is 37.9. The van der Waals surface area contributed by atoms with Crippen LogP contribution in [0.25, 0.3) is 0 Å². The van der Waals surface area contributed by atoms with Gasteiger partial charge in [0.05, 0.1) is 11.8 Å². The molecule has 1 aromatic carbocycles. The van der Waals surface area contributed by atoms with Crippen LogP contribution in [0.15, 0.2) is 24.3 Å². The van der Waals surface area contributed by atoms with Crippen LogP contribution in [0.3, 0.4) is 0 Å². The van der Waals surface area contributed by atoms with E-state index in [4.69, 9.17) is 11.6 Å². The van der Waals surface area contributed by atoms with E-state index in [2.05, 4.69) is 5.32 Å². The number of carbonyl (C=O) groups is 3. The highest BCUT2D eigenvalue weighted by Crippen LogP contribution is 2.37. The van der Waals surface area contributed by atoms with Gasteiger partial charge >= 0.3 is 0 Å². The van der Waals surface area contributed by atoms with Crippen molar-refractivity contribution in [2.24, 2.45) is 11.8 Å². The van der Waals surface area contributed by atoms with Gasteiger partial charge in [0, 0.05) is 11.6 Å². The van der Waals surface area contributed by atoms with Crippen LogP contribution in [0.2, 0.25) is 5.02 Å². The smallest absolute Gasteiger partial charge is 0.240 e. The molecule has 0 aromatic heterocycles. The molecule has 3 rings (SSSR count). The lowest BCUT2D eigenvalue weighted by molar-refractivity contribution is -0.143. The predicted molar refractivity (Wildman–Crippen MR) is 90.3 cm³/mol. The van der Waals surface area contributed by atoms with Crippen molar-refractivity contribution < 1.29 is 14.4 Å². The number of imide groups is 1. The first-order chi connectivity index (χ1) is 11.6. The zero-order chi connectivity index (χ0) is 17.1. The molecule has 1 saturated heterocycles. The fraction of sp³-hybridized carbons (Fsp3) is 0.500. The molecule has 2 atom stereocenters. The Labute approximate surface area is 146 Å². The van der Waals surface area contributed by atoms with Crippen molar-refractivity contribution in [2.75, 3.05) is 13.1 Å². The molecule has 3 amide bonds. The van der Waals surface area contributed by atoms with Crippen molar-refractivity contribution in [1.82, 2.24) is 10.2 Å². The van der Waals surface area contributed by atoms with E-state index in [1.165, 1.54) is 0 Å². The highest BCUT2D eigenvalue weighted by atomic mass is 35.5. The van der Waals surface area contributed by atoms with Crippen LogP contribution in [0.4, 0.5) is 0 Å². The van der Waals surface area contributed by atoms with Gasteiger partial charge in [0.25, 0.3) is 0 Å². The quantitative estimate of drug-likeness (QED) is 0.829. The molecule has 24 heavy (non-hydrogen) atoms. The Balaban J connectivity index is 1.49. The molecule has 128 valence electrons. The molecule has 1 aliphatic carbocycles. The Bertz CT molecular complexity index is 637. The first-order valence-corrected chi connectivity index (χ1v) is 8.80. The van der Waals surface area contributed by atoms with Crippen LogP contribution < -0.4 is 5.32 Å². The van der Waals surface area contributed by atoms with Crippen molar-refractivity contribution in [3.63, 3.8) is 0 Å². The fourth-order valence-corrected chi connectivity index (χ4v) is 3.84. The number of fused-ring (bicyclic) bond motifs is 1. The number of hydrogen-bond donors (Lipinski definition) is 1. The molecule has 2 fully saturated rings. The number of benzene rings is 1. The average Bonchev–Trinajstić information content (AvgIpc) is 2.80. The van der Waals surface area contributed by atoms with Gasteiger partial charge in [-0.15, -0.1) is 0 Å². The second kappa shape index (κ2) is 7.34. The highest BCUT2D eigenvalue weighted by molar-refractivity contribution is 6.30. The van der Waals surface area contributed by atoms with Gasteiger partial charge in [0.2, 0.25) is 17.7 Å². The molecule has 0 spiro atoms. The fourth-order valence-electron chi connectivity index (χ4n) is 3.63. The summed E-state index contributed by atoms with van der Waals surface area (Å²) in [6.07, 6.45) is 4.16. The normalized spacial score (nSPS) is 23.3. The topological polar surface area (TPSA) is 66.5 Å². The third kappa shape index (κ3) is 3.61. The number of likely N-dealkylation sites (tertiary alicyclic amines) is 1. The molecule has 1 N–H and O–H groups in total. The van der Waals surface area contributed by atoms with Crippen molar-refractivity contribution in [3.05, 3.63) is 34.9 Å². The standard InChI is InChI=1S/C18H21ClN2O3/c19-13-5-3-4-12(10-13)8-9-20-16(22)11-21-17(23)14-6-1-2-7-15(14)18(21)24/h3-5,10,14-15H,1-2,6-9,11H2,(H,20,22)/t14-,15-/m0/s1. The minimum Gasteiger partial charge on any atom is -0.354 e. The molecular formula is C18H21ClN2O3. The summed E-state index contributed by atoms with van der Waals surface area (Å²) < 4.78 is 0. The van der Waals surface area contributed by atoms with Gasteiger partial charge in [-0.1, -0.05) is 36.6 Å². The van der Waals surface area contributed by atoms with Crippen LogP contribution in [0, 0.1) is 11.8 Å².